The second-order valence-electron chi connectivity index (χ2n) is 15.6. The van der Waals surface area contributed by atoms with Crippen molar-refractivity contribution in [3.63, 3.8) is 0 Å². The Morgan fingerprint density at radius 1 is 1.09 bits per heavy atom. The number of aliphatic hydroxyl groups is 1. The van der Waals surface area contributed by atoms with Crippen molar-refractivity contribution in [2.75, 3.05) is 0 Å². The van der Waals surface area contributed by atoms with E-state index in [4.69, 9.17) is 4.43 Å². The molecule has 35 heavy (non-hydrogen) atoms. The minimum atomic E-state index is -1.73. The topological polar surface area (TPSA) is 29.5 Å². The van der Waals surface area contributed by atoms with Gasteiger partial charge in [0.1, 0.15) is 0 Å². The third-order valence-corrected chi connectivity index (χ3v) is 16.7. The average Bonchev–Trinajstić information content (AvgIpc) is 3.00. The number of aliphatic hydroxyl groups excluding tert-OH is 1. The van der Waals surface area contributed by atoms with Crippen LogP contribution in [0.5, 0.6) is 0 Å². The van der Waals surface area contributed by atoms with Crippen molar-refractivity contribution < 1.29 is 9.53 Å². The number of fused-ring (bicyclic) bond motifs is 5. The van der Waals surface area contributed by atoms with Crippen LogP contribution in [0.1, 0.15) is 119 Å². The van der Waals surface area contributed by atoms with Gasteiger partial charge in [0, 0.05) is 6.10 Å². The van der Waals surface area contributed by atoms with Crippen molar-refractivity contribution >= 4 is 8.32 Å². The van der Waals surface area contributed by atoms with E-state index in [1.165, 1.54) is 57.8 Å². The molecule has 0 aliphatic heterocycles. The lowest BCUT2D eigenvalue weighted by atomic mass is 9.47. The summed E-state index contributed by atoms with van der Waals surface area (Å²) in [7, 11) is -1.73. The molecule has 1 unspecified atom stereocenters. The van der Waals surface area contributed by atoms with Gasteiger partial charge in [-0.05, 0) is 110 Å². The van der Waals surface area contributed by atoms with Gasteiger partial charge in [0.05, 0.1) is 6.10 Å². The molecule has 202 valence electrons. The van der Waals surface area contributed by atoms with Crippen LogP contribution in [0.15, 0.2) is 11.6 Å². The summed E-state index contributed by atoms with van der Waals surface area (Å²) in [5.41, 5.74) is 2.43. The van der Waals surface area contributed by atoms with Crippen LogP contribution in [0.2, 0.25) is 18.1 Å². The van der Waals surface area contributed by atoms with Gasteiger partial charge in [-0.15, -0.1) is 0 Å². The summed E-state index contributed by atoms with van der Waals surface area (Å²) >= 11 is 0. The van der Waals surface area contributed by atoms with Gasteiger partial charge in [-0.25, -0.2) is 0 Å². The van der Waals surface area contributed by atoms with Gasteiger partial charge in [0.25, 0.3) is 0 Å². The van der Waals surface area contributed by atoms with Crippen LogP contribution in [0.4, 0.5) is 0 Å². The SMILES string of the molecule is CC(C)CCCC[C@H]1[C@@H](O)C[C@H]2[C@@H]3CC=C4CC(O[Si](C)(C)C(C)(C)C)CC[C@]4(C)[C@H]3CC[C@@]21C. The molecule has 0 saturated heterocycles. The highest BCUT2D eigenvalue weighted by Crippen LogP contribution is 2.67. The number of unbranched alkanes of at least 4 members (excludes halogenated alkanes) is 1. The molecule has 8 atom stereocenters. The van der Waals surface area contributed by atoms with Crippen LogP contribution >= 0.6 is 0 Å². The highest BCUT2D eigenvalue weighted by molar-refractivity contribution is 6.74. The summed E-state index contributed by atoms with van der Waals surface area (Å²) in [4.78, 5) is 0. The first kappa shape index (κ1) is 27.9. The number of hydrogen-bond donors (Lipinski definition) is 1. The fourth-order valence-corrected chi connectivity index (χ4v) is 10.3. The van der Waals surface area contributed by atoms with Gasteiger partial charge in [-0.2, -0.15) is 0 Å². The summed E-state index contributed by atoms with van der Waals surface area (Å²) in [5.74, 6) is 3.61. The molecule has 4 rings (SSSR count). The first-order chi connectivity index (χ1) is 16.2. The molecular formula is C32H58O2Si. The van der Waals surface area contributed by atoms with E-state index in [0.717, 1.165) is 30.6 Å². The largest absolute Gasteiger partial charge is 0.414 e. The van der Waals surface area contributed by atoms with Crippen LogP contribution in [0.3, 0.4) is 0 Å². The molecular weight excluding hydrogens is 444 g/mol. The van der Waals surface area contributed by atoms with Crippen molar-refractivity contribution in [2.45, 2.75) is 149 Å². The Hall–Kier alpha value is -0.123. The Balaban J connectivity index is 1.46. The van der Waals surface area contributed by atoms with E-state index < -0.39 is 8.32 Å². The predicted octanol–water partition coefficient (Wildman–Crippen LogP) is 9.14. The molecule has 2 nitrogen and oxygen atoms in total. The maximum absolute atomic E-state index is 11.3. The van der Waals surface area contributed by atoms with Gasteiger partial charge in [0.2, 0.25) is 0 Å². The highest BCUT2D eigenvalue weighted by Gasteiger charge is 2.60. The monoisotopic (exact) mass is 502 g/mol. The predicted molar refractivity (Wildman–Crippen MR) is 152 cm³/mol. The normalized spacial score (nSPS) is 41.9. The minimum absolute atomic E-state index is 0.0743. The van der Waals surface area contributed by atoms with Gasteiger partial charge < -0.3 is 9.53 Å². The second kappa shape index (κ2) is 9.88. The molecule has 0 spiro atoms. The molecule has 0 aromatic rings. The Labute approximate surface area is 219 Å². The van der Waals surface area contributed by atoms with Crippen LogP contribution < -0.4 is 0 Å². The van der Waals surface area contributed by atoms with Crippen LogP contribution in [-0.4, -0.2) is 25.6 Å². The van der Waals surface area contributed by atoms with Crippen molar-refractivity contribution in [1.29, 1.82) is 0 Å². The van der Waals surface area contributed by atoms with E-state index in [-0.39, 0.29) is 11.1 Å². The minimum Gasteiger partial charge on any atom is -0.414 e. The Morgan fingerprint density at radius 2 is 1.80 bits per heavy atom. The zero-order valence-corrected chi connectivity index (χ0v) is 25.8. The molecule has 0 bridgehead atoms. The first-order valence-electron chi connectivity index (χ1n) is 15.2. The first-order valence-corrected chi connectivity index (χ1v) is 18.2. The third kappa shape index (κ3) is 5.13. The Morgan fingerprint density at radius 3 is 2.46 bits per heavy atom. The molecule has 3 heteroatoms. The quantitative estimate of drug-likeness (QED) is 0.214. The standard InChI is InChI=1S/C32H58O2Si/c1-22(2)12-10-11-13-27-29(33)21-28-25-15-14-23-20-24(34-35(8,9)30(3,4)5)16-18-31(23,6)26(25)17-19-32(27,28)7/h14,22,24-29,33H,10-13,15-21H2,1-9H3/t24?,25-,26+,27+,28+,29+,31+,32-/m1/s1. The summed E-state index contributed by atoms with van der Waals surface area (Å²) in [6.45, 7) is 21.8. The highest BCUT2D eigenvalue weighted by atomic mass is 28.4. The zero-order valence-electron chi connectivity index (χ0n) is 24.8. The lowest BCUT2D eigenvalue weighted by Gasteiger charge is -2.58. The zero-order chi connectivity index (χ0) is 25.8. The van der Waals surface area contributed by atoms with Gasteiger partial charge in [-0.1, -0.05) is 79.4 Å². The molecule has 0 heterocycles. The van der Waals surface area contributed by atoms with Crippen molar-refractivity contribution in [3.05, 3.63) is 11.6 Å². The van der Waals surface area contributed by atoms with E-state index in [1.807, 2.05) is 0 Å². The molecule has 0 amide bonds. The molecule has 0 aromatic heterocycles. The second-order valence-corrected chi connectivity index (χ2v) is 20.4. The van der Waals surface area contributed by atoms with Crippen LogP contribution in [0, 0.1) is 40.4 Å². The number of hydrogen-bond acceptors (Lipinski definition) is 2. The molecule has 4 aliphatic rings. The summed E-state index contributed by atoms with van der Waals surface area (Å²) in [6.07, 6.45) is 16.9. The maximum Gasteiger partial charge on any atom is 0.192 e. The fourth-order valence-electron chi connectivity index (χ4n) is 8.88. The van der Waals surface area contributed by atoms with E-state index >= 15 is 0 Å². The Bertz CT molecular complexity index is 779. The van der Waals surface area contributed by atoms with E-state index in [1.54, 1.807) is 5.57 Å². The van der Waals surface area contributed by atoms with Crippen molar-refractivity contribution in [1.82, 2.24) is 0 Å². The summed E-state index contributed by atoms with van der Waals surface area (Å²) in [6, 6.07) is 0. The van der Waals surface area contributed by atoms with Crippen molar-refractivity contribution in [3.8, 4) is 0 Å². The lowest BCUT2D eigenvalue weighted by Crippen LogP contribution is -2.51. The molecule has 0 aromatic carbocycles. The molecule has 4 aliphatic carbocycles. The third-order valence-electron chi connectivity index (χ3n) is 12.1. The van der Waals surface area contributed by atoms with E-state index in [2.05, 4.69) is 67.6 Å². The van der Waals surface area contributed by atoms with E-state index in [9.17, 15) is 5.11 Å². The maximum atomic E-state index is 11.3. The van der Waals surface area contributed by atoms with Gasteiger partial charge in [-0.3, -0.25) is 0 Å². The van der Waals surface area contributed by atoms with Crippen LogP contribution in [0.25, 0.3) is 0 Å². The smallest absolute Gasteiger partial charge is 0.192 e. The molecule has 0 radical (unpaired) electrons. The van der Waals surface area contributed by atoms with Gasteiger partial charge in [0.15, 0.2) is 8.32 Å². The average molecular weight is 503 g/mol. The summed E-state index contributed by atoms with van der Waals surface area (Å²) < 4.78 is 6.91. The van der Waals surface area contributed by atoms with Gasteiger partial charge >= 0.3 is 0 Å². The number of rotatable bonds is 7. The lowest BCUT2D eigenvalue weighted by molar-refractivity contribution is -0.0524. The Kier molecular flexibility index (Phi) is 7.88. The molecule has 1 N–H and O–H groups in total. The number of allylic oxidation sites excluding steroid dienone is 1. The van der Waals surface area contributed by atoms with Crippen LogP contribution in [-0.2, 0) is 4.43 Å². The fraction of sp³-hybridized carbons (Fsp3) is 0.938. The molecule has 3 saturated carbocycles. The van der Waals surface area contributed by atoms with E-state index in [0.29, 0.717) is 28.8 Å². The molecule has 3 fully saturated rings. The van der Waals surface area contributed by atoms with Crippen molar-refractivity contribution in [2.24, 2.45) is 40.4 Å². The summed E-state index contributed by atoms with van der Waals surface area (Å²) in [5, 5.41) is 11.5.